The molecule has 2 aromatic heterocycles. The molecular weight excluding hydrogens is 304 g/mol. The number of fused-ring (bicyclic) bond motifs is 3. The summed E-state index contributed by atoms with van der Waals surface area (Å²) in [4.78, 5) is 0. The number of hydrogen-bond donors (Lipinski definition) is 5. The predicted octanol–water partition coefficient (Wildman–Crippen LogP) is -1.61. The fourth-order valence-electron chi connectivity index (χ4n) is 2.37. The first-order valence-electron chi connectivity index (χ1n) is 6.96. The SMILES string of the molecule is OC[C@@H](O)[C@@H](O)[C@@H](O)[C@H](O)c1nnc2c3ccccc3cnn12. The van der Waals surface area contributed by atoms with E-state index in [4.69, 9.17) is 5.11 Å². The standard InChI is InChI=1S/C14H16N4O5/c19-6-9(20)10(21)11(22)12(23)14-17-16-13-8-4-2-1-3-7(8)5-15-18(13)14/h1-5,9-12,19-23H,6H2/t9-,10-,11-,12+/m1/s1. The van der Waals surface area contributed by atoms with Gasteiger partial charge >= 0.3 is 0 Å². The lowest BCUT2D eigenvalue weighted by Crippen LogP contribution is -2.43. The van der Waals surface area contributed by atoms with Gasteiger partial charge in [-0.05, 0) is 0 Å². The number of benzene rings is 1. The maximum atomic E-state index is 10.2. The molecule has 9 nitrogen and oxygen atoms in total. The van der Waals surface area contributed by atoms with Crippen molar-refractivity contribution in [2.75, 3.05) is 6.61 Å². The van der Waals surface area contributed by atoms with E-state index in [-0.39, 0.29) is 5.82 Å². The Morgan fingerprint density at radius 3 is 2.48 bits per heavy atom. The highest BCUT2D eigenvalue weighted by Gasteiger charge is 2.34. The Kier molecular flexibility index (Phi) is 4.20. The van der Waals surface area contributed by atoms with Crippen molar-refractivity contribution >= 4 is 16.4 Å². The zero-order valence-electron chi connectivity index (χ0n) is 11.9. The highest BCUT2D eigenvalue weighted by Crippen LogP contribution is 2.22. The maximum absolute atomic E-state index is 10.2. The largest absolute Gasteiger partial charge is 0.394 e. The molecule has 122 valence electrons. The molecule has 0 fully saturated rings. The summed E-state index contributed by atoms with van der Waals surface area (Å²) in [6, 6.07) is 7.34. The van der Waals surface area contributed by atoms with Gasteiger partial charge in [0.1, 0.15) is 24.4 Å². The molecule has 1 aromatic carbocycles. The molecular formula is C14H16N4O5. The Hall–Kier alpha value is -2.17. The molecule has 0 unspecified atom stereocenters. The average molecular weight is 320 g/mol. The van der Waals surface area contributed by atoms with Gasteiger partial charge in [0, 0.05) is 10.8 Å². The highest BCUT2D eigenvalue weighted by molar-refractivity contribution is 5.92. The van der Waals surface area contributed by atoms with E-state index in [2.05, 4.69) is 15.3 Å². The van der Waals surface area contributed by atoms with Crippen molar-refractivity contribution < 1.29 is 25.5 Å². The lowest BCUT2D eigenvalue weighted by molar-refractivity contribution is -0.118. The highest BCUT2D eigenvalue weighted by atomic mass is 16.4. The third-order valence-electron chi connectivity index (χ3n) is 3.70. The van der Waals surface area contributed by atoms with Crippen LogP contribution in [0, 0.1) is 0 Å². The Morgan fingerprint density at radius 2 is 1.74 bits per heavy atom. The van der Waals surface area contributed by atoms with Crippen molar-refractivity contribution in [1.29, 1.82) is 0 Å². The van der Waals surface area contributed by atoms with Gasteiger partial charge in [-0.15, -0.1) is 10.2 Å². The molecule has 0 bridgehead atoms. The normalized spacial score (nSPS) is 17.3. The molecule has 0 saturated heterocycles. The van der Waals surface area contributed by atoms with Crippen LogP contribution in [0.15, 0.2) is 30.5 Å². The fourth-order valence-corrected chi connectivity index (χ4v) is 2.37. The summed E-state index contributed by atoms with van der Waals surface area (Å²) >= 11 is 0. The number of aromatic nitrogens is 4. The lowest BCUT2D eigenvalue weighted by atomic mass is 10.0. The van der Waals surface area contributed by atoms with E-state index in [9.17, 15) is 20.4 Å². The van der Waals surface area contributed by atoms with Gasteiger partial charge in [0.05, 0.1) is 12.8 Å². The molecule has 0 saturated carbocycles. The summed E-state index contributed by atoms with van der Waals surface area (Å²) in [5.74, 6) is -0.0811. The van der Waals surface area contributed by atoms with Gasteiger partial charge in [-0.2, -0.15) is 9.61 Å². The quantitative estimate of drug-likeness (QED) is 0.377. The van der Waals surface area contributed by atoms with Crippen LogP contribution in [-0.4, -0.2) is 70.3 Å². The summed E-state index contributed by atoms with van der Waals surface area (Å²) in [6.45, 7) is -0.756. The molecule has 0 aliphatic carbocycles. The zero-order valence-corrected chi connectivity index (χ0v) is 11.9. The van der Waals surface area contributed by atoms with E-state index in [0.29, 0.717) is 5.65 Å². The smallest absolute Gasteiger partial charge is 0.186 e. The van der Waals surface area contributed by atoms with Crippen LogP contribution in [0.25, 0.3) is 16.4 Å². The van der Waals surface area contributed by atoms with Crippen LogP contribution in [0.5, 0.6) is 0 Å². The van der Waals surface area contributed by atoms with Gasteiger partial charge < -0.3 is 25.5 Å². The second kappa shape index (κ2) is 6.14. The van der Waals surface area contributed by atoms with Crippen LogP contribution in [0.3, 0.4) is 0 Å². The minimum atomic E-state index is -1.77. The van der Waals surface area contributed by atoms with E-state index >= 15 is 0 Å². The molecule has 9 heteroatoms. The summed E-state index contributed by atoms with van der Waals surface area (Å²) in [5.41, 5.74) is 0.390. The summed E-state index contributed by atoms with van der Waals surface area (Å²) in [5, 5.41) is 61.5. The first kappa shape index (κ1) is 15.7. The van der Waals surface area contributed by atoms with Crippen molar-refractivity contribution in [2.45, 2.75) is 24.4 Å². The van der Waals surface area contributed by atoms with Crippen LogP contribution < -0.4 is 0 Å². The van der Waals surface area contributed by atoms with Gasteiger partial charge in [-0.1, -0.05) is 24.3 Å². The molecule has 0 radical (unpaired) electrons. The minimum absolute atomic E-state index is 0.0811. The molecule has 4 atom stereocenters. The molecule has 23 heavy (non-hydrogen) atoms. The predicted molar refractivity (Wildman–Crippen MR) is 78.4 cm³/mol. The molecule has 2 heterocycles. The Balaban J connectivity index is 2.01. The van der Waals surface area contributed by atoms with Gasteiger partial charge in [0.15, 0.2) is 11.5 Å². The van der Waals surface area contributed by atoms with E-state index in [1.807, 2.05) is 24.3 Å². The third kappa shape index (κ3) is 2.64. The topological polar surface area (TPSA) is 144 Å². The summed E-state index contributed by atoms with van der Waals surface area (Å²) < 4.78 is 1.26. The molecule has 0 aliphatic heterocycles. The molecule has 0 spiro atoms. The second-order valence-corrected chi connectivity index (χ2v) is 5.20. The average Bonchev–Trinajstić information content (AvgIpc) is 3.03. The van der Waals surface area contributed by atoms with Gasteiger partial charge in [-0.25, -0.2) is 0 Å². The van der Waals surface area contributed by atoms with E-state index in [1.54, 1.807) is 6.20 Å². The van der Waals surface area contributed by atoms with Crippen molar-refractivity contribution in [3.8, 4) is 0 Å². The molecule has 3 aromatic rings. The van der Waals surface area contributed by atoms with Crippen molar-refractivity contribution in [1.82, 2.24) is 19.8 Å². The van der Waals surface area contributed by atoms with Crippen LogP contribution in [0.4, 0.5) is 0 Å². The maximum Gasteiger partial charge on any atom is 0.186 e. The van der Waals surface area contributed by atoms with Crippen LogP contribution >= 0.6 is 0 Å². The lowest BCUT2D eigenvalue weighted by Gasteiger charge is -2.24. The van der Waals surface area contributed by atoms with Crippen molar-refractivity contribution in [3.63, 3.8) is 0 Å². The first-order chi connectivity index (χ1) is 11.0. The van der Waals surface area contributed by atoms with Crippen LogP contribution in [-0.2, 0) is 0 Å². The van der Waals surface area contributed by atoms with Crippen molar-refractivity contribution in [3.05, 3.63) is 36.3 Å². The van der Waals surface area contributed by atoms with Gasteiger partial charge in [-0.3, -0.25) is 0 Å². The number of rotatable bonds is 5. The third-order valence-corrected chi connectivity index (χ3v) is 3.70. The van der Waals surface area contributed by atoms with Gasteiger partial charge in [0.2, 0.25) is 0 Å². The summed E-state index contributed by atoms with van der Waals surface area (Å²) in [7, 11) is 0. The first-order valence-corrected chi connectivity index (χ1v) is 6.96. The molecule has 3 rings (SSSR count). The fraction of sp³-hybridized carbons (Fsp3) is 0.357. The Bertz CT molecular complexity index is 823. The van der Waals surface area contributed by atoms with E-state index < -0.39 is 31.0 Å². The van der Waals surface area contributed by atoms with Crippen molar-refractivity contribution in [2.24, 2.45) is 0 Å². The van der Waals surface area contributed by atoms with E-state index in [1.165, 1.54) is 4.52 Å². The molecule has 0 aliphatic rings. The number of aliphatic hydroxyl groups is 5. The second-order valence-electron chi connectivity index (χ2n) is 5.20. The Labute approximate surface area is 130 Å². The zero-order chi connectivity index (χ0) is 16.6. The number of aliphatic hydroxyl groups excluding tert-OH is 5. The monoisotopic (exact) mass is 320 g/mol. The number of nitrogens with zero attached hydrogens (tertiary/aromatic N) is 4. The van der Waals surface area contributed by atoms with Crippen LogP contribution in [0.1, 0.15) is 11.9 Å². The molecule has 0 amide bonds. The van der Waals surface area contributed by atoms with E-state index in [0.717, 1.165) is 10.8 Å². The summed E-state index contributed by atoms with van der Waals surface area (Å²) in [6.07, 6.45) is -5.18. The van der Waals surface area contributed by atoms with Crippen LogP contribution in [0.2, 0.25) is 0 Å². The Morgan fingerprint density at radius 1 is 1.00 bits per heavy atom. The van der Waals surface area contributed by atoms with Gasteiger partial charge in [0.25, 0.3) is 0 Å². The molecule has 5 N–H and O–H groups in total. The number of hydrogen-bond acceptors (Lipinski definition) is 8. The minimum Gasteiger partial charge on any atom is -0.394 e.